The highest BCUT2D eigenvalue weighted by molar-refractivity contribution is 7.82. The van der Waals surface area contributed by atoms with Crippen molar-refractivity contribution in [2.75, 3.05) is 13.1 Å². The molecule has 0 atom stereocenters. The second kappa shape index (κ2) is 9.80. The number of amides is 1. The van der Waals surface area contributed by atoms with Crippen molar-refractivity contribution in [2.45, 2.75) is 19.3 Å². The van der Waals surface area contributed by atoms with Crippen molar-refractivity contribution in [1.82, 2.24) is 10.2 Å². The number of rotatable bonds is 6. The van der Waals surface area contributed by atoms with Crippen LogP contribution in [0.5, 0.6) is 0 Å². The Hall–Kier alpha value is -3.10. The van der Waals surface area contributed by atoms with Gasteiger partial charge in [-0.1, -0.05) is 78.9 Å². The number of carbonyl (C=O) groups is 1. The maximum absolute atomic E-state index is 14.8. The molecule has 1 aliphatic heterocycles. The van der Waals surface area contributed by atoms with Crippen molar-refractivity contribution in [3.8, 4) is 0 Å². The van der Waals surface area contributed by atoms with E-state index in [1.54, 1.807) is 12.1 Å². The molecule has 3 aromatic rings. The molecule has 0 aliphatic carbocycles. The minimum absolute atomic E-state index is 0.254. The van der Waals surface area contributed by atoms with Gasteiger partial charge in [-0.2, -0.15) is 0 Å². The predicted octanol–water partition coefficient (Wildman–Crippen LogP) is 4.72. The molecule has 0 aromatic heterocycles. The molecule has 1 aliphatic rings. The fraction of sp³-hybridized carbons (Fsp3) is 0.192. The largest absolute Gasteiger partial charge is 0.376 e. The molecular weight excluding hydrogens is 403 g/mol. The summed E-state index contributed by atoms with van der Waals surface area (Å²) in [4.78, 5) is 15.3. The Labute approximate surface area is 184 Å². The molecule has 1 N–H and O–H groups in total. The van der Waals surface area contributed by atoms with Crippen LogP contribution >= 0.6 is 7.14 Å². The number of nitrogens with zero attached hydrogens (tertiary/aromatic N) is 1. The van der Waals surface area contributed by atoms with Gasteiger partial charge in [-0.05, 0) is 31.4 Å². The lowest BCUT2D eigenvalue weighted by Gasteiger charge is -2.29. The van der Waals surface area contributed by atoms with Gasteiger partial charge in [0.25, 0.3) is 5.91 Å². The van der Waals surface area contributed by atoms with Crippen LogP contribution in [0.2, 0.25) is 0 Å². The van der Waals surface area contributed by atoms with Crippen molar-refractivity contribution in [1.29, 1.82) is 0 Å². The highest BCUT2D eigenvalue weighted by atomic mass is 31.2. The molecule has 3 aromatic carbocycles. The zero-order valence-electron chi connectivity index (χ0n) is 17.5. The molecule has 1 saturated heterocycles. The first-order valence-electron chi connectivity index (χ1n) is 10.7. The van der Waals surface area contributed by atoms with E-state index in [1.807, 2.05) is 85.1 Å². The minimum Gasteiger partial charge on any atom is -0.376 e. The quantitative estimate of drug-likeness (QED) is 0.576. The maximum Gasteiger partial charge on any atom is 0.255 e. The van der Waals surface area contributed by atoms with E-state index in [9.17, 15) is 9.36 Å². The zero-order chi connectivity index (χ0) is 21.5. The Morgan fingerprint density at radius 1 is 0.742 bits per heavy atom. The summed E-state index contributed by atoms with van der Waals surface area (Å²) in [6.07, 6.45) is 5.31. The predicted molar refractivity (Wildman–Crippen MR) is 127 cm³/mol. The smallest absolute Gasteiger partial charge is 0.255 e. The summed E-state index contributed by atoms with van der Waals surface area (Å²) in [7, 11) is -3.29. The monoisotopic (exact) mass is 430 g/mol. The van der Waals surface area contributed by atoms with E-state index >= 15 is 0 Å². The number of nitrogens with one attached hydrogen (secondary N) is 1. The molecule has 0 radical (unpaired) electrons. The molecule has 0 unspecified atom stereocenters. The molecule has 5 heteroatoms. The molecule has 1 heterocycles. The minimum atomic E-state index is -3.29. The summed E-state index contributed by atoms with van der Waals surface area (Å²) in [5.74, 6) is -0.254. The lowest BCUT2D eigenvalue weighted by atomic mass is 10.1. The van der Waals surface area contributed by atoms with Crippen LogP contribution in [0.3, 0.4) is 0 Å². The van der Waals surface area contributed by atoms with Crippen molar-refractivity contribution < 1.29 is 9.36 Å². The van der Waals surface area contributed by atoms with Crippen molar-refractivity contribution in [3.05, 3.63) is 108 Å². The van der Waals surface area contributed by atoms with E-state index in [2.05, 4.69) is 10.2 Å². The normalized spacial score (nSPS) is 14.8. The average molecular weight is 430 g/mol. The summed E-state index contributed by atoms with van der Waals surface area (Å²) >= 11 is 0. The lowest BCUT2D eigenvalue weighted by molar-refractivity contribution is 0.0967. The molecule has 158 valence electrons. The average Bonchev–Trinajstić information content (AvgIpc) is 2.85. The third kappa shape index (κ3) is 4.81. The van der Waals surface area contributed by atoms with Crippen LogP contribution in [0.4, 0.5) is 0 Å². The second-order valence-corrected chi connectivity index (χ2v) is 10.4. The van der Waals surface area contributed by atoms with Gasteiger partial charge in [0.05, 0.1) is 0 Å². The number of hydrogen-bond acceptors (Lipinski definition) is 3. The van der Waals surface area contributed by atoms with Gasteiger partial charge in [0.2, 0.25) is 0 Å². The molecule has 1 amide bonds. The van der Waals surface area contributed by atoms with Gasteiger partial charge in [-0.25, -0.2) is 0 Å². The molecule has 0 bridgehead atoms. The molecule has 0 saturated carbocycles. The third-order valence-electron chi connectivity index (χ3n) is 5.55. The Balaban J connectivity index is 1.83. The van der Waals surface area contributed by atoms with Crippen molar-refractivity contribution in [2.24, 2.45) is 0 Å². The fourth-order valence-electron chi connectivity index (χ4n) is 3.89. The third-order valence-corrected chi connectivity index (χ3v) is 8.51. The van der Waals surface area contributed by atoms with Gasteiger partial charge >= 0.3 is 0 Å². The lowest BCUT2D eigenvalue weighted by Crippen LogP contribution is -2.32. The number of piperidine rings is 1. The zero-order valence-corrected chi connectivity index (χ0v) is 18.4. The van der Waals surface area contributed by atoms with Crippen molar-refractivity contribution >= 4 is 23.7 Å². The Kier molecular flexibility index (Phi) is 6.69. The van der Waals surface area contributed by atoms with Crippen LogP contribution in [0.25, 0.3) is 0 Å². The first-order valence-corrected chi connectivity index (χ1v) is 12.4. The van der Waals surface area contributed by atoms with Crippen LogP contribution in [-0.2, 0) is 4.57 Å². The Morgan fingerprint density at radius 2 is 1.23 bits per heavy atom. The Morgan fingerprint density at radius 3 is 1.74 bits per heavy atom. The van der Waals surface area contributed by atoms with Gasteiger partial charge in [0.1, 0.15) is 5.44 Å². The van der Waals surface area contributed by atoms with E-state index in [4.69, 9.17) is 0 Å². The van der Waals surface area contributed by atoms with Crippen LogP contribution < -0.4 is 15.9 Å². The number of carbonyl (C=O) groups excluding carboxylic acids is 1. The molecule has 1 fully saturated rings. The highest BCUT2D eigenvalue weighted by Crippen LogP contribution is 2.50. The van der Waals surface area contributed by atoms with Crippen LogP contribution in [0.15, 0.2) is 103 Å². The molecule has 0 spiro atoms. The van der Waals surface area contributed by atoms with Gasteiger partial charge in [-0.15, -0.1) is 0 Å². The first kappa shape index (κ1) is 21.1. The van der Waals surface area contributed by atoms with Gasteiger partial charge in [0.15, 0.2) is 7.14 Å². The van der Waals surface area contributed by atoms with E-state index in [1.165, 1.54) is 6.42 Å². The SMILES string of the molecule is O=C(N/C(=C/N1CCCCC1)P(=O)(c1ccccc1)c1ccccc1)c1ccccc1. The number of benzene rings is 3. The Bertz CT molecular complexity index is 1030. The van der Waals surface area contributed by atoms with Gasteiger partial charge < -0.3 is 14.8 Å². The summed E-state index contributed by atoms with van der Waals surface area (Å²) in [6.45, 7) is 1.79. The molecule has 4 nitrogen and oxygen atoms in total. The number of likely N-dealkylation sites (tertiary alicyclic amines) is 1. The van der Waals surface area contributed by atoms with Crippen molar-refractivity contribution in [3.63, 3.8) is 0 Å². The first-order chi connectivity index (χ1) is 15.2. The summed E-state index contributed by atoms with van der Waals surface area (Å²) in [6, 6.07) is 28.0. The van der Waals surface area contributed by atoms with Crippen LogP contribution in [-0.4, -0.2) is 23.9 Å². The molecule has 31 heavy (non-hydrogen) atoms. The summed E-state index contributed by atoms with van der Waals surface area (Å²) in [5, 5.41) is 4.45. The highest BCUT2D eigenvalue weighted by Gasteiger charge is 2.34. The standard InChI is InChI=1S/C26H27N2O2P/c29-26(22-13-5-1-6-14-22)27-25(21-28-19-11-4-12-20-28)31(30,23-15-7-2-8-16-23)24-17-9-3-10-18-24/h1-3,5-10,13-18,21H,4,11-12,19-20H2,(H,27,29)/b25-21-. The fourth-order valence-corrected chi connectivity index (χ4v) is 6.52. The summed E-state index contributed by atoms with van der Waals surface area (Å²) < 4.78 is 14.8. The van der Waals surface area contributed by atoms with Crippen LogP contribution in [0.1, 0.15) is 29.6 Å². The van der Waals surface area contributed by atoms with E-state index < -0.39 is 7.14 Å². The van der Waals surface area contributed by atoms with E-state index in [0.29, 0.717) is 21.6 Å². The number of hydrogen-bond donors (Lipinski definition) is 1. The maximum atomic E-state index is 14.8. The summed E-state index contributed by atoms with van der Waals surface area (Å²) in [5.41, 5.74) is 1.00. The van der Waals surface area contributed by atoms with Gasteiger partial charge in [0, 0.05) is 35.5 Å². The van der Waals surface area contributed by atoms with Crippen LogP contribution in [0, 0.1) is 0 Å². The van der Waals surface area contributed by atoms with E-state index in [-0.39, 0.29) is 5.91 Å². The topological polar surface area (TPSA) is 49.4 Å². The second-order valence-electron chi connectivity index (χ2n) is 7.71. The molecule has 4 rings (SSSR count). The van der Waals surface area contributed by atoms with E-state index in [0.717, 1.165) is 25.9 Å². The van der Waals surface area contributed by atoms with Gasteiger partial charge in [-0.3, -0.25) is 4.79 Å². The molecular formula is C26H27N2O2P.